The van der Waals surface area contributed by atoms with Crippen molar-refractivity contribution in [2.45, 2.75) is 33.3 Å². The van der Waals surface area contributed by atoms with Crippen molar-refractivity contribution in [3.63, 3.8) is 0 Å². The van der Waals surface area contributed by atoms with Crippen LogP contribution in [0, 0.1) is 13.8 Å². The van der Waals surface area contributed by atoms with Crippen molar-refractivity contribution < 1.29 is 19.4 Å². The number of carbonyl (C=O) groups excluding carboxylic acids is 1. The zero-order valence-corrected chi connectivity index (χ0v) is 14.2. The molecule has 0 fully saturated rings. The van der Waals surface area contributed by atoms with Crippen molar-refractivity contribution in [2.24, 2.45) is 0 Å². The van der Waals surface area contributed by atoms with Crippen LogP contribution in [0.1, 0.15) is 35.3 Å². The number of rotatable bonds is 5. The van der Waals surface area contributed by atoms with E-state index in [0.29, 0.717) is 11.3 Å². The number of benzene rings is 2. The van der Waals surface area contributed by atoms with Gasteiger partial charge in [0.25, 0.3) is 5.91 Å². The average molecular weight is 327 g/mol. The van der Waals surface area contributed by atoms with Crippen molar-refractivity contribution in [3.8, 4) is 5.75 Å². The molecule has 5 heteroatoms. The molecule has 2 N–H and O–H groups in total. The minimum Gasteiger partial charge on any atom is -0.478 e. The number of amides is 1. The first-order valence-corrected chi connectivity index (χ1v) is 7.60. The molecule has 126 valence electrons. The Morgan fingerprint density at radius 3 is 2.25 bits per heavy atom. The second-order valence-corrected chi connectivity index (χ2v) is 6.21. The van der Waals surface area contributed by atoms with E-state index in [0.717, 1.165) is 16.8 Å². The SMILES string of the molecule is Cc1ccc(C)c(NC(=O)c2ccc(OC(C)(C)C(=O)O)cc2)c1. The number of hydrogen-bond acceptors (Lipinski definition) is 3. The van der Waals surface area contributed by atoms with E-state index in [-0.39, 0.29) is 5.91 Å². The molecule has 2 rings (SSSR count). The highest BCUT2D eigenvalue weighted by Gasteiger charge is 2.29. The lowest BCUT2D eigenvalue weighted by molar-refractivity contribution is -0.152. The largest absolute Gasteiger partial charge is 0.478 e. The maximum Gasteiger partial charge on any atom is 0.347 e. The molecule has 0 bridgehead atoms. The average Bonchev–Trinajstić information content (AvgIpc) is 2.51. The predicted molar refractivity (Wildman–Crippen MR) is 92.7 cm³/mol. The summed E-state index contributed by atoms with van der Waals surface area (Å²) in [5, 5.41) is 11.9. The second-order valence-electron chi connectivity index (χ2n) is 6.21. The first kappa shape index (κ1) is 17.5. The van der Waals surface area contributed by atoms with Gasteiger partial charge in [-0.25, -0.2) is 4.79 Å². The van der Waals surface area contributed by atoms with Gasteiger partial charge in [0.1, 0.15) is 5.75 Å². The van der Waals surface area contributed by atoms with E-state index >= 15 is 0 Å². The lowest BCUT2D eigenvalue weighted by Crippen LogP contribution is -2.37. The number of ether oxygens (including phenoxy) is 1. The molecule has 0 radical (unpaired) electrons. The fourth-order valence-electron chi connectivity index (χ4n) is 2.08. The van der Waals surface area contributed by atoms with Gasteiger partial charge in [-0.3, -0.25) is 4.79 Å². The number of aliphatic carboxylic acids is 1. The van der Waals surface area contributed by atoms with Gasteiger partial charge in [0, 0.05) is 11.3 Å². The predicted octanol–water partition coefficient (Wildman–Crippen LogP) is 3.80. The molecule has 24 heavy (non-hydrogen) atoms. The fourth-order valence-corrected chi connectivity index (χ4v) is 2.08. The number of anilines is 1. The summed E-state index contributed by atoms with van der Waals surface area (Å²) in [6, 6.07) is 12.2. The molecule has 2 aromatic carbocycles. The van der Waals surface area contributed by atoms with Crippen LogP contribution in [0.3, 0.4) is 0 Å². The monoisotopic (exact) mass is 327 g/mol. The van der Waals surface area contributed by atoms with Gasteiger partial charge < -0.3 is 15.2 Å². The highest BCUT2D eigenvalue weighted by molar-refractivity contribution is 6.04. The summed E-state index contributed by atoms with van der Waals surface area (Å²) in [5.74, 6) is -0.891. The molecule has 0 aliphatic rings. The van der Waals surface area contributed by atoms with Gasteiger partial charge in [0.2, 0.25) is 0 Å². The molecule has 0 atom stereocenters. The normalized spacial score (nSPS) is 11.0. The molecule has 1 amide bonds. The molecule has 0 heterocycles. The van der Waals surface area contributed by atoms with E-state index in [1.165, 1.54) is 13.8 Å². The van der Waals surface area contributed by atoms with Crippen LogP contribution < -0.4 is 10.1 Å². The van der Waals surface area contributed by atoms with Gasteiger partial charge in [-0.15, -0.1) is 0 Å². The Hall–Kier alpha value is -2.82. The summed E-state index contributed by atoms with van der Waals surface area (Å²) in [6.07, 6.45) is 0. The molecule has 0 spiro atoms. The van der Waals surface area contributed by atoms with Gasteiger partial charge in [-0.05, 0) is 69.2 Å². The van der Waals surface area contributed by atoms with E-state index in [9.17, 15) is 9.59 Å². The van der Waals surface area contributed by atoms with Crippen LogP contribution in [0.25, 0.3) is 0 Å². The van der Waals surface area contributed by atoms with Crippen molar-refractivity contribution in [3.05, 3.63) is 59.2 Å². The van der Waals surface area contributed by atoms with Crippen molar-refractivity contribution in [1.29, 1.82) is 0 Å². The second kappa shape index (κ2) is 6.74. The van der Waals surface area contributed by atoms with Crippen LogP contribution in [0.15, 0.2) is 42.5 Å². The minimum absolute atomic E-state index is 0.229. The summed E-state index contributed by atoms with van der Waals surface area (Å²) in [4.78, 5) is 23.4. The first-order valence-electron chi connectivity index (χ1n) is 7.60. The molecule has 0 aromatic heterocycles. The Balaban J connectivity index is 2.11. The number of hydrogen-bond donors (Lipinski definition) is 2. The Bertz CT molecular complexity index is 763. The maximum absolute atomic E-state index is 12.3. The molecular formula is C19H21NO4. The zero-order valence-electron chi connectivity index (χ0n) is 14.2. The molecule has 0 saturated carbocycles. The highest BCUT2D eigenvalue weighted by atomic mass is 16.5. The number of carboxylic acid groups (broad SMARTS) is 1. The Kier molecular flexibility index (Phi) is 4.93. The van der Waals surface area contributed by atoms with E-state index in [1.54, 1.807) is 24.3 Å². The minimum atomic E-state index is -1.33. The molecule has 0 saturated heterocycles. The topological polar surface area (TPSA) is 75.6 Å². The summed E-state index contributed by atoms with van der Waals surface area (Å²) in [6.45, 7) is 6.83. The van der Waals surface area contributed by atoms with Gasteiger partial charge in [0.05, 0.1) is 0 Å². The standard InChI is InChI=1S/C19H21NO4/c1-12-5-6-13(2)16(11-12)20-17(21)14-7-9-15(10-8-14)24-19(3,4)18(22)23/h5-11H,1-4H3,(H,20,21)(H,22,23). The van der Waals surface area contributed by atoms with Gasteiger partial charge in [-0.1, -0.05) is 12.1 Å². The lowest BCUT2D eigenvalue weighted by atomic mass is 10.1. The molecule has 0 unspecified atom stereocenters. The summed E-state index contributed by atoms with van der Waals surface area (Å²) in [7, 11) is 0. The zero-order chi connectivity index (χ0) is 17.9. The molecule has 0 aliphatic carbocycles. The molecule has 0 aliphatic heterocycles. The van der Waals surface area contributed by atoms with E-state index in [2.05, 4.69) is 5.32 Å². The van der Waals surface area contributed by atoms with Crippen molar-refractivity contribution >= 4 is 17.6 Å². The van der Waals surface area contributed by atoms with Crippen molar-refractivity contribution in [2.75, 3.05) is 5.32 Å². The van der Waals surface area contributed by atoms with Gasteiger partial charge in [0.15, 0.2) is 5.60 Å². The smallest absolute Gasteiger partial charge is 0.347 e. The Labute approximate surface area is 141 Å². The number of carbonyl (C=O) groups is 2. The fraction of sp³-hybridized carbons (Fsp3) is 0.263. The Morgan fingerprint density at radius 1 is 1.04 bits per heavy atom. The third-order valence-electron chi connectivity index (χ3n) is 3.65. The quantitative estimate of drug-likeness (QED) is 0.876. The summed E-state index contributed by atoms with van der Waals surface area (Å²) in [5.41, 5.74) is 1.96. The van der Waals surface area contributed by atoms with Crippen LogP contribution in [0.5, 0.6) is 5.75 Å². The third-order valence-corrected chi connectivity index (χ3v) is 3.65. The van der Waals surface area contributed by atoms with E-state index in [1.807, 2.05) is 32.0 Å². The van der Waals surface area contributed by atoms with Crippen LogP contribution in [-0.4, -0.2) is 22.6 Å². The Morgan fingerprint density at radius 2 is 1.67 bits per heavy atom. The van der Waals surface area contributed by atoms with Crippen LogP contribution in [0.4, 0.5) is 5.69 Å². The lowest BCUT2D eigenvalue weighted by Gasteiger charge is -2.21. The number of carboxylic acids is 1. The summed E-state index contributed by atoms with van der Waals surface area (Å²) < 4.78 is 5.42. The van der Waals surface area contributed by atoms with Crippen molar-refractivity contribution in [1.82, 2.24) is 0 Å². The third kappa shape index (κ3) is 4.13. The molecule has 2 aromatic rings. The molecule has 5 nitrogen and oxygen atoms in total. The first-order chi connectivity index (χ1) is 11.2. The van der Waals surface area contributed by atoms with Crippen LogP contribution >= 0.6 is 0 Å². The van der Waals surface area contributed by atoms with Gasteiger partial charge >= 0.3 is 5.97 Å². The van der Waals surface area contributed by atoms with E-state index in [4.69, 9.17) is 9.84 Å². The number of aryl methyl sites for hydroxylation is 2. The molecular weight excluding hydrogens is 306 g/mol. The van der Waals surface area contributed by atoms with Crippen LogP contribution in [-0.2, 0) is 4.79 Å². The van der Waals surface area contributed by atoms with E-state index < -0.39 is 11.6 Å². The summed E-state index contributed by atoms with van der Waals surface area (Å²) >= 11 is 0. The highest BCUT2D eigenvalue weighted by Crippen LogP contribution is 2.21. The maximum atomic E-state index is 12.3. The van der Waals surface area contributed by atoms with Crippen LogP contribution in [0.2, 0.25) is 0 Å². The van der Waals surface area contributed by atoms with Gasteiger partial charge in [-0.2, -0.15) is 0 Å². The number of nitrogens with one attached hydrogen (secondary N) is 1.